The summed E-state index contributed by atoms with van der Waals surface area (Å²) < 4.78 is 26.0. The summed E-state index contributed by atoms with van der Waals surface area (Å²) in [7, 11) is -3.55. The Morgan fingerprint density at radius 3 is 2.21 bits per heavy atom. The molecule has 0 aromatic heterocycles. The molecule has 3 aromatic rings. The molecule has 0 unspecified atom stereocenters. The molecule has 3 aromatic carbocycles. The van der Waals surface area contributed by atoms with Gasteiger partial charge in [0.2, 0.25) is 10.0 Å². The minimum atomic E-state index is -3.55. The molecule has 150 valence electrons. The second-order valence-electron chi connectivity index (χ2n) is 6.68. The number of anilines is 2. The van der Waals surface area contributed by atoms with Gasteiger partial charge in [-0.15, -0.1) is 0 Å². The topological polar surface area (TPSA) is 66.5 Å². The molecule has 0 saturated carbocycles. The van der Waals surface area contributed by atoms with Gasteiger partial charge in [0.25, 0.3) is 5.91 Å². The van der Waals surface area contributed by atoms with Crippen molar-refractivity contribution in [2.24, 2.45) is 0 Å². The fourth-order valence-electron chi connectivity index (χ4n) is 2.87. The molecule has 0 aliphatic rings. The number of hydrogen-bond acceptors (Lipinski definition) is 3. The number of benzene rings is 3. The molecule has 5 nitrogen and oxygen atoms in total. The van der Waals surface area contributed by atoms with Crippen LogP contribution in [0.2, 0.25) is 5.02 Å². The molecule has 0 bridgehead atoms. The molecule has 0 aliphatic carbocycles. The van der Waals surface area contributed by atoms with Gasteiger partial charge >= 0.3 is 0 Å². The van der Waals surface area contributed by atoms with Crippen molar-refractivity contribution in [2.75, 3.05) is 15.9 Å². The Balaban J connectivity index is 1.83. The van der Waals surface area contributed by atoms with E-state index in [0.29, 0.717) is 21.8 Å². The lowest BCUT2D eigenvalue weighted by Gasteiger charge is -2.23. The molecule has 0 aliphatic heterocycles. The van der Waals surface area contributed by atoms with E-state index in [4.69, 9.17) is 11.6 Å². The number of carbonyl (C=O) groups excluding carboxylic acids is 1. The van der Waals surface area contributed by atoms with Crippen molar-refractivity contribution in [2.45, 2.75) is 13.5 Å². The van der Waals surface area contributed by atoms with Gasteiger partial charge in [0.15, 0.2) is 0 Å². The lowest BCUT2D eigenvalue weighted by Crippen LogP contribution is -2.29. The molecule has 0 radical (unpaired) electrons. The van der Waals surface area contributed by atoms with Crippen LogP contribution in [0, 0.1) is 6.92 Å². The predicted octanol–water partition coefficient (Wildman–Crippen LogP) is 4.87. The van der Waals surface area contributed by atoms with E-state index >= 15 is 0 Å². The minimum Gasteiger partial charge on any atom is -0.322 e. The van der Waals surface area contributed by atoms with E-state index in [9.17, 15) is 13.2 Å². The molecule has 29 heavy (non-hydrogen) atoms. The molecule has 0 fully saturated rings. The van der Waals surface area contributed by atoms with Gasteiger partial charge in [-0.1, -0.05) is 48.0 Å². The van der Waals surface area contributed by atoms with Crippen LogP contribution >= 0.6 is 11.6 Å². The van der Waals surface area contributed by atoms with E-state index in [0.717, 1.165) is 17.5 Å². The Kier molecular flexibility index (Phi) is 6.25. The van der Waals surface area contributed by atoms with Crippen LogP contribution in [0.15, 0.2) is 72.8 Å². The fraction of sp³-hybridized carbons (Fsp3) is 0.136. The van der Waals surface area contributed by atoms with Gasteiger partial charge in [0.05, 0.1) is 18.5 Å². The third kappa shape index (κ3) is 5.16. The van der Waals surface area contributed by atoms with Crippen molar-refractivity contribution in [3.63, 3.8) is 0 Å². The zero-order chi connectivity index (χ0) is 21.0. The molecule has 0 spiro atoms. The van der Waals surface area contributed by atoms with Crippen LogP contribution in [0.25, 0.3) is 0 Å². The minimum absolute atomic E-state index is 0.104. The van der Waals surface area contributed by atoms with Crippen LogP contribution in [-0.4, -0.2) is 20.6 Å². The van der Waals surface area contributed by atoms with Crippen molar-refractivity contribution in [3.8, 4) is 0 Å². The van der Waals surface area contributed by atoms with E-state index in [1.165, 1.54) is 4.31 Å². The molecular formula is C22H21ClN2O3S. The molecular weight excluding hydrogens is 408 g/mol. The van der Waals surface area contributed by atoms with Crippen LogP contribution < -0.4 is 9.62 Å². The second-order valence-corrected chi connectivity index (χ2v) is 8.99. The third-order valence-electron chi connectivity index (χ3n) is 4.48. The maximum atomic E-state index is 12.5. The Morgan fingerprint density at radius 2 is 1.59 bits per heavy atom. The molecule has 1 N–H and O–H groups in total. The average molecular weight is 429 g/mol. The molecule has 7 heteroatoms. The van der Waals surface area contributed by atoms with Gasteiger partial charge in [-0.3, -0.25) is 9.10 Å². The van der Waals surface area contributed by atoms with Gasteiger partial charge in [-0.25, -0.2) is 8.42 Å². The van der Waals surface area contributed by atoms with Crippen LogP contribution in [0.4, 0.5) is 11.4 Å². The maximum absolute atomic E-state index is 12.5. The van der Waals surface area contributed by atoms with Gasteiger partial charge < -0.3 is 5.32 Å². The van der Waals surface area contributed by atoms with Crippen LogP contribution in [0.5, 0.6) is 0 Å². The first-order chi connectivity index (χ1) is 13.8. The Bertz CT molecular complexity index is 1130. The van der Waals surface area contributed by atoms with Gasteiger partial charge in [0.1, 0.15) is 0 Å². The SMILES string of the molecule is Cc1ccccc1NC(=O)c1ccc(N(Cc2ccccc2Cl)S(C)(=O)=O)cc1. The number of para-hydroxylation sites is 1. The summed E-state index contributed by atoms with van der Waals surface area (Å²) in [5, 5.41) is 3.36. The number of aryl methyl sites for hydroxylation is 1. The Labute approximate surface area is 176 Å². The first-order valence-electron chi connectivity index (χ1n) is 8.94. The highest BCUT2D eigenvalue weighted by Crippen LogP contribution is 2.25. The molecule has 1 amide bonds. The Hall–Kier alpha value is -2.83. The van der Waals surface area contributed by atoms with Crippen LogP contribution in [0.1, 0.15) is 21.5 Å². The van der Waals surface area contributed by atoms with Crippen molar-refractivity contribution >= 4 is 38.9 Å². The predicted molar refractivity (Wildman–Crippen MR) is 118 cm³/mol. The quantitative estimate of drug-likeness (QED) is 0.609. The zero-order valence-electron chi connectivity index (χ0n) is 16.1. The summed E-state index contributed by atoms with van der Waals surface area (Å²) >= 11 is 6.19. The van der Waals surface area contributed by atoms with Gasteiger partial charge in [-0.05, 0) is 54.4 Å². The van der Waals surface area contributed by atoms with Crippen molar-refractivity contribution in [1.82, 2.24) is 0 Å². The summed E-state index contributed by atoms with van der Waals surface area (Å²) in [5.41, 5.74) is 3.28. The number of amides is 1. The number of carbonyl (C=O) groups is 1. The lowest BCUT2D eigenvalue weighted by molar-refractivity contribution is 0.102. The van der Waals surface area contributed by atoms with Crippen LogP contribution in [-0.2, 0) is 16.6 Å². The lowest BCUT2D eigenvalue weighted by atomic mass is 10.1. The van der Waals surface area contributed by atoms with E-state index in [1.54, 1.807) is 48.5 Å². The van der Waals surface area contributed by atoms with Gasteiger partial charge in [-0.2, -0.15) is 0 Å². The monoisotopic (exact) mass is 428 g/mol. The molecule has 0 heterocycles. The maximum Gasteiger partial charge on any atom is 0.255 e. The molecule has 0 atom stereocenters. The molecule has 0 saturated heterocycles. The summed E-state index contributed by atoms with van der Waals surface area (Å²) in [4.78, 5) is 12.5. The fourth-order valence-corrected chi connectivity index (χ4v) is 3.94. The van der Waals surface area contributed by atoms with Crippen LogP contribution in [0.3, 0.4) is 0 Å². The van der Waals surface area contributed by atoms with Gasteiger partial charge in [0, 0.05) is 16.3 Å². The van der Waals surface area contributed by atoms with Crippen molar-refractivity contribution < 1.29 is 13.2 Å². The average Bonchev–Trinajstić information content (AvgIpc) is 2.68. The van der Waals surface area contributed by atoms with E-state index in [2.05, 4.69) is 5.32 Å². The standard InChI is InChI=1S/C22H21ClN2O3S/c1-16-7-3-6-10-21(16)24-22(26)17-11-13-19(14-12-17)25(29(2,27)28)15-18-8-4-5-9-20(18)23/h3-14H,15H2,1-2H3,(H,24,26). The summed E-state index contributed by atoms with van der Waals surface area (Å²) in [5.74, 6) is -0.261. The number of nitrogens with zero attached hydrogens (tertiary/aromatic N) is 1. The number of hydrogen-bond donors (Lipinski definition) is 1. The highest BCUT2D eigenvalue weighted by Gasteiger charge is 2.19. The van der Waals surface area contributed by atoms with Crippen molar-refractivity contribution in [1.29, 1.82) is 0 Å². The smallest absolute Gasteiger partial charge is 0.255 e. The van der Waals surface area contributed by atoms with E-state index in [1.807, 2.05) is 31.2 Å². The molecule has 3 rings (SSSR count). The normalized spacial score (nSPS) is 11.1. The van der Waals surface area contributed by atoms with E-state index in [-0.39, 0.29) is 12.5 Å². The largest absolute Gasteiger partial charge is 0.322 e. The number of rotatable bonds is 6. The summed E-state index contributed by atoms with van der Waals surface area (Å²) in [6.45, 7) is 2.02. The highest BCUT2D eigenvalue weighted by atomic mass is 35.5. The third-order valence-corrected chi connectivity index (χ3v) is 5.99. The number of sulfonamides is 1. The van der Waals surface area contributed by atoms with E-state index < -0.39 is 10.0 Å². The first-order valence-corrected chi connectivity index (χ1v) is 11.2. The van der Waals surface area contributed by atoms with Crippen molar-refractivity contribution in [3.05, 3.63) is 94.5 Å². The number of halogens is 1. The second kappa shape index (κ2) is 8.68. The Morgan fingerprint density at radius 1 is 0.966 bits per heavy atom. The summed E-state index contributed by atoms with van der Waals surface area (Å²) in [6, 6.07) is 21.0. The number of nitrogens with one attached hydrogen (secondary N) is 1. The summed E-state index contributed by atoms with van der Waals surface area (Å²) in [6.07, 6.45) is 1.14. The highest BCUT2D eigenvalue weighted by molar-refractivity contribution is 7.92. The zero-order valence-corrected chi connectivity index (χ0v) is 17.7. The first kappa shape index (κ1) is 20.9.